The number of hydrogen-bond acceptors (Lipinski definition) is 4. The Bertz CT molecular complexity index is 914. The number of azo groups is 1. The molecule has 0 aliphatic heterocycles. The Morgan fingerprint density at radius 1 is 1.20 bits per heavy atom. The molecule has 0 saturated carbocycles. The molecule has 1 N–H and O–H groups in total. The smallest absolute Gasteiger partial charge is 0.295 e. The maximum atomic E-state index is 12.1. The van der Waals surface area contributed by atoms with Crippen LogP contribution in [-0.2, 0) is 6.54 Å². The number of aryl methyl sites for hydroxylation is 1. The molecule has 3 aromatic rings. The van der Waals surface area contributed by atoms with Crippen molar-refractivity contribution in [3.05, 3.63) is 54.4 Å². The number of nitrogens with zero attached hydrogens (tertiary/aromatic N) is 4. The normalized spacial score (nSPS) is 11.6. The second-order valence-corrected chi connectivity index (χ2v) is 6.26. The van der Waals surface area contributed by atoms with Crippen LogP contribution in [-0.4, -0.2) is 20.6 Å². The summed E-state index contributed by atoms with van der Waals surface area (Å²) in [6.07, 6.45) is 3.98. The monoisotopic (exact) mass is 336 g/mol. The van der Waals surface area contributed by atoms with Crippen LogP contribution in [0.5, 0.6) is 5.88 Å². The van der Waals surface area contributed by atoms with Crippen molar-refractivity contribution in [2.24, 2.45) is 16.1 Å². The van der Waals surface area contributed by atoms with Gasteiger partial charge >= 0.3 is 0 Å². The van der Waals surface area contributed by atoms with Crippen LogP contribution in [0.4, 0.5) is 5.69 Å². The molecule has 6 nitrogen and oxygen atoms in total. The van der Waals surface area contributed by atoms with E-state index in [2.05, 4.69) is 29.1 Å². The number of para-hydroxylation sites is 1. The number of rotatable bonds is 5. The van der Waals surface area contributed by atoms with E-state index in [1.54, 1.807) is 12.1 Å². The molecule has 3 rings (SSSR count). The minimum Gasteiger partial charge on any atom is -0.493 e. The van der Waals surface area contributed by atoms with Crippen molar-refractivity contribution >= 4 is 22.5 Å². The lowest BCUT2D eigenvalue weighted by atomic mass is 10.1. The molecule has 2 heterocycles. The molecule has 0 atom stereocenters. The van der Waals surface area contributed by atoms with Crippen molar-refractivity contribution in [3.63, 3.8) is 0 Å². The van der Waals surface area contributed by atoms with Gasteiger partial charge in [0.05, 0.1) is 5.52 Å². The molecule has 2 aromatic heterocycles. The Morgan fingerprint density at radius 3 is 2.64 bits per heavy atom. The molecule has 0 radical (unpaired) electrons. The van der Waals surface area contributed by atoms with Gasteiger partial charge in [-0.2, -0.15) is 0 Å². The van der Waals surface area contributed by atoms with Gasteiger partial charge in [0.15, 0.2) is 5.69 Å². The lowest BCUT2D eigenvalue weighted by Crippen LogP contribution is -2.00. The number of hydrogen-bond donors (Lipinski definition) is 1. The first-order valence-corrected chi connectivity index (χ1v) is 8.24. The fraction of sp³-hybridized carbons (Fsp3) is 0.263. The van der Waals surface area contributed by atoms with E-state index in [1.165, 1.54) is 12.4 Å². The number of pyridine rings is 1. The van der Waals surface area contributed by atoms with Gasteiger partial charge in [0, 0.05) is 29.9 Å². The summed E-state index contributed by atoms with van der Waals surface area (Å²) in [7, 11) is 0. The predicted molar refractivity (Wildman–Crippen MR) is 96.1 cm³/mol. The Balaban J connectivity index is 1.97. The van der Waals surface area contributed by atoms with E-state index in [4.69, 9.17) is 0 Å². The van der Waals surface area contributed by atoms with E-state index in [-0.39, 0.29) is 5.88 Å². The third-order valence-corrected chi connectivity index (χ3v) is 4.02. The summed E-state index contributed by atoms with van der Waals surface area (Å²) in [5.74, 6) is 0.0767. The topological polar surface area (TPSA) is 79.8 Å². The minimum atomic E-state index is -0.471. The number of benzene rings is 1. The van der Waals surface area contributed by atoms with Crippen LogP contribution < -0.4 is 0 Å². The zero-order chi connectivity index (χ0) is 17.8. The van der Waals surface area contributed by atoms with Crippen LogP contribution >= 0.6 is 0 Å². The molecule has 0 spiro atoms. The molecule has 128 valence electrons. The predicted octanol–water partition coefficient (Wildman–Crippen LogP) is 4.71. The van der Waals surface area contributed by atoms with Crippen molar-refractivity contribution in [3.8, 4) is 5.88 Å². The fourth-order valence-electron chi connectivity index (χ4n) is 2.63. The average Bonchev–Trinajstić information content (AvgIpc) is 2.89. The summed E-state index contributed by atoms with van der Waals surface area (Å²) >= 11 is 0. The Hall–Kier alpha value is -3.02. The van der Waals surface area contributed by atoms with Gasteiger partial charge in [-0.25, -0.2) is 0 Å². The average molecular weight is 336 g/mol. The molecular formula is C19H20N4O2. The third kappa shape index (κ3) is 3.57. The number of aromatic hydroxyl groups is 1. The lowest BCUT2D eigenvalue weighted by molar-refractivity contribution is 0.0995. The van der Waals surface area contributed by atoms with Gasteiger partial charge in [0.1, 0.15) is 0 Å². The first-order valence-electron chi connectivity index (χ1n) is 8.24. The van der Waals surface area contributed by atoms with Crippen LogP contribution in [0.15, 0.2) is 59.0 Å². The number of aromatic nitrogens is 2. The van der Waals surface area contributed by atoms with Crippen LogP contribution in [0.3, 0.4) is 0 Å². The van der Waals surface area contributed by atoms with E-state index < -0.39 is 5.91 Å². The molecule has 0 unspecified atom stereocenters. The van der Waals surface area contributed by atoms with Crippen molar-refractivity contribution in [1.29, 1.82) is 0 Å². The van der Waals surface area contributed by atoms with Crippen LogP contribution in [0.25, 0.3) is 10.9 Å². The van der Waals surface area contributed by atoms with Gasteiger partial charge < -0.3 is 9.67 Å². The number of carbonyl (C=O) groups is 1. The summed E-state index contributed by atoms with van der Waals surface area (Å²) in [6, 6.07) is 10.7. The molecule has 25 heavy (non-hydrogen) atoms. The maximum Gasteiger partial charge on any atom is 0.295 e. The Morgan fingerprint density at radius 2 is 1.92 bits per heavy atom. The van der Waals surface area contributed by atoms with Crippen LogP contribution in [0, 0.1) is 5.92 Å². The highest BCUT2D eigenvalue weighted by Gasteiger charge is 2.17. The highest BCUT2D eigenvalue weighted by atomic mass is 16.3. The zero-order valence-corrected chi connectivity index (χ0v) is 14.3. The van der Waals surface area contributed by atoms with E-state index in [0.717, 1.165) is 17.3 Å². The SMILES string of the molecule is CC(C)CCn1c(O)c(N=NC(=O)c2ccncc2)c2ccccc21. The van der Waals surface area contributed by atoms with E-state index in [0.29, 0.717) is 23.7 Å². The summed E-state index contributed by atoms with van der Waals surface area (Å²) in [4.78, 5) is 16.0. The maximum absolute atomic E-state index is 12.1. The van der Waals surface area contributed by atoms with Crippen molar-refractivity contribution in [1.82, 2.24) is 9.55 Å². The Labute approximate surface area is 145 Å². The fourth-order valence-corrected chi connectivity index (χ4v) is 2.63. The van der Waals surface area contributed by atoms with Gasteiger partial charge in [0.25, 0.3) is 5.91 Å². The van der Waals surface area contributed by atoms with Gasteiger partial charge in [-0.1, -0.05) is 32.0 Å². The largest absolute Gasteiger partial charge is 0.493 e. The first kappa shape index (κ1) is 16.8. The second kappa shape index (κ2) is 7.25. The Kier molecular flexibility index (Phi) is 4.88. The molecule has 0 bridgehead atoms. The molecule has 6 heteroatoms. The number of amides is 1. The van der Waals surface area contributed by atoms with Crippen molar-refractivity contribution in [2.75, 3.05) is 0 Å². The summed E-state index contributed by atoms with van der Waals surface area (Å²) < 4.78 is 1.82. The standard InChI is InChI=1S/C19H20N4O2/c1-13(2)9-12-23-16-6-4-3-5-15(16)17(19(23)25)21-22-18(24)14-7-10-20-11-8-14/h3-8,10-11,13,25H,9,12H2,1-2H3. The number of carbonyl (C=O) groups excluding carboxylic acids is 1. The molecule has 0 aliphatic rings. The third-order valence-electron chi connectivity index (χ3n) is 4.02. The second-order valence-electron chi connectivity index (χ2n) is 6.26. The quantitative estimate of drug-likeness (QED) is 0.685. The van der Waals surface area contributed by atoms with E-state index in [1.807, 2.05) is 28.8 Å². The molecule has 1 aromatic carbocycles. The molecule has 0 fully saturated rings. The number of fused-ring (bicyclic) bond motifs is 1. The summed E-state index contributed by atoms with van der Waals surface area (Å²) in [5.41, 5.74) is 1.61. The highest BCUT2D eigenvalue weighted by molar-refractivity contribution is 5.97. The summed E-state index contributed by atoms with van der Waals surface area (Å²) in [5, 5.41) is 19.2. The molecular weight excluding hydrogens is 316 g/mol. The van der Waals surface area contributed by atoms with Crippen LogP contribution in [0.2, 0.25) is 0 Å². The van der Waals surface area contributed by atoms with Gasteiger partial charge in [-0.05, 0) is 30.5 Å². The molecule has 0 aliphatic carbocycles. The van der Waals surface area contributed by atoms with Gasteiger partial charge in [-0.3, -0.25) is 9.78 Å². The van der Waals surface area contributed by atoms with Crippen molar-refractivity contribution in [2.45, 2.75) is 26.8 Å². The first-order chi connectivity index (χ1) is 12.1. The lowest BCUT2D eigenvalue weighted by Gasteiger charge is -2.08. The van der Waals surface area contributed by atoms with Gasteiger partial charge in [0.2, 0.25) is 5.88 Å². The zero-order valence-electron chi connectivity index (χ0n) is 14.3. The van der Waals surface area contributed by atoms with Crippen molar-refractivity contribution < 1.29 is 9.90 Å². The van der Waals surface area contributed by atoms with E-state index >= 15 is 0 Å². The van der Waals surface area contributed by atoms with E-state index in [9.17, 15) is 9.90 Å². The molecule has 1 amide bonds. The minimum absolute atomic E-state index is 0.0353. The van der Waals surface area contributed by atoms with Gasteiger partial charge in [-0.15, -0.1) is 10.2 Å². The highest BCUT2D eigenvalue weighted by Crippen LogP contribution is 2.39. The molecule has 0 saturated heterocycles. The van der Waals surface area contributed by atoms with Crippen LogP contribution in [0.1, 0.15) is 30.6 Å². The summed E-state index contributed by atoms with van der Waals surface area (Å²) in [6.45, 7) is 4.95.